The molecule has 0 aromatic heterocycles. The third kappa shape index (κ3) is 3.65. The number of hydrogen-bond donors (Lipinski definition) is 2. The normalized spacial score (nSPS) is 10.1. The molecule has 1 amide bonds. The average molecular weight is 291 g/mol. The van der Waals surface area contributed by atoms with E-state index in [9.17, 15) is 4.79 Å². The van der Waals surface area contributed by atoms with E-state index in [0.29, 0.717) is 16.4 Å². The SMILES string of the molecule is COc1cccc(CC(=O)Nc2ccc(N)c(Cl)c2)c1. The zero-order chi connectivity index (χ0) is 14.5. The van der Waals surface area contributed by atoms with Gasteiger partial charge in [0.05, 0.1) is 24.2 Å². The number of hydrogen-bond acceptors (Lipinski definition) is 3. The summed E-state index contributed by atoms with van der Waals surface area (Å²) < 4.78 is 5.12. The Hall–Kier alpha value is -2.20. The van der Waals surface area contributed by atoms with Crippen LogP contribution in [0.4, 0.5) is 11.4 Å². The number of ether oxygens (including phenoxy) is 1. The van der Waals surface area contributed by atoms with Crippen molar-refractivity contribution in [2.45, 2.75) is 6.42 Å². The predicted octanol–water partition coefficient (Wildman–Crippen LogP) is 3.11. The number of carbonyl (C=O) groups excluding carboxylic acids is 1. The molecule has 2 aromatic rings. The Morgan fingerprint density at radius 1 is 1.30 bits per heavy atom. The summed E-state index contributed by atoms with van der Waals surface area (Å²) in [5.74, 6) is 0.602. The van der Waals surface area contributed by atoms with Crippen molar-refractivity contribution in [2.75, 3.05) is 18.2 Å². The zero-order valence-electron chi connectivity index (χ0n) is 11.0. The minimum absolute atomic E-state index is 0.126. The van der Waals surface area contributed by atoms with Gasteiger partial charge in [-0.2, -0.15) is 0 Å². The Morgan fingerprint density at radius 2 is 2.10 bits per heavy atom. The smallest absolute Gasteiger partial charge is 0.228 e. The summed E-state index contributed by atoms with van der Waals surface area (Å²) in [6.07, 6.45) is 0.263. The molecule has 0 aliphatic rings. The highest BCUT2D eigenvalue weighted by Gasteiger charge is 2.06. The van der Waals surface area contributed by atoms with E-state index < -0.39 is 0 Å². The van der Waals surface area contributed by atoms with E-state index in [2.05, 4.69) is 5.32 Å². The van der Waals surface area contributed by atoms with Gasteiger partial charge in [-0.05, 0) is 35.9 Å². The number of anilines is 2. The molecule has 0 spiro atoms. The number of amides is 1. The molecule has 0 heterocycles. The standard InChI is InChI=1S/C15H15ClN2O2/c1-20-12-4-2-3-10(7-12)8-15(19)18-11-5-6-14(17)13(16)9-11/h2-7,9H,8,17H2,1H3,(H,18,19). The molecule has 2 aromatic carbocycles. The summed E-state index contributed by atoms with van der Waals surface area (Å²) in [5, 5.41) is 3.20. The second-order valence-electron chi connectivity index (χ2n) is 4.31. The first-order chi connectivity index (χ1) is 9.58. The van der Waals surface area contributed by atoms with Gasteiger partial charge in [0.25, 0.3) is 0 Å². The lowest BCUT2D eigenvalue weighted by molar-refractivity contribution is -0.115. The van der Waals surface area contributed by atoms with Gasteiger partial charge in [-0.1, -0.05) is 23.7 Å². The van der Waals surface area contributed by atoms with Crippen LogP contribution in [-0.2, 0) is 11.2 Å². The number of carbonyl (C=O) groups is 1. The molecule has 2 rings (SSSR count). The summed E-state index contributed by atoms with van der Waals surface area (Å²) in [6.45, 7) is 0. The summed E-state index contributed by atoms with van der Waals surface area (Å²) in [7, 11) is 1.59. The summed E-state index contributed by atoms with van der Waals surface area (Å²) >= 11 is 5.90. The molecule has 3 N–H and O–H groups in total. The van der Waals surface area contributed by atoms with Crippen LogP contribution < -0.4 is 15.8 Å². The maximum atomic E-state index is 12.0. The fourth-order valence-electron chi connectivity index (χ4n) is 1.78. The van der Waals surface area contributed by atoms with Gasteiger partial charge in [0.15, 0.2) is 0 Å². The highest BCUT2D eigenvalue weighted by molar-refractivity contribution is 6.33. The maximum absolute atomic E-state index is 12.0. The van der Waals surface area contributed by atoms with Crippen LogP contribution in [0.1, 0.15) is 5.56 Å². The van der Waals surface area contributed by atoms with Crippen molar-refractivity contribution in [3.63, 3.8) is 0 Å². The first-order valence-corrected chi connectivity index (χ1v) is 6.44. The van der Waals surface area contributed by atoms with Gasteiger partial charge in [0.1, 0.15) is 5.75 Å². The van der Waals surface area contributed by atoms with Gasteiger partial charge >= 0.3 is 0 Å². The van der Waals surface area contributed by atoms with E-state index >= 15 is 0 Å². The number of nitrogen functional groups attached to an aromatic ring is 1. The Kier molecular flexibility index (Phi) is 4.48. The number of nitrogens with two attached hydrogens (primary N) is 1. The van der Waals surface area contributed by atoms with Crippen molar-refractivity contribution in [2.24, 2.45) is 0 Å². The number of nitrogens with one attached hydrogen (secondary N) is 1. The van der Waals surface area contributed by atoms with Crippen molar-refractivity contribution in [1.29, 1.82) is 0 Å². The van der Waals surface area contributed by atoms with E-state index in [1.165, 1.54) is 0 Å². The van der Waals surface area contributed by atoms with Crippen LogP contribution in [0.3, 0.4) is 0 Å². The molecule has 0 bridgehead atoms. The van der Waals surface area contributed by atoms with Gasteiger partial charge < -0.3 is 15.8 Å². The lowest BCUT2D eigenvalue weighted by Gasteiger charge is -2.07. The van der Waals surface area contributed by atoms with Crippen molar-refractivity contribution >= 4 is 28.9 Å². The van der Waals surface area contributed by atoms with E-state index in [1.807, 2.05) is 24.3 Å². The topological polar surface area (TPSA) is 64.3 Å². The van der Waals surface area contributed by atoms with Crippen LogP contribution in [0, 0.1) is 0 Å². The molecule has 0 unspecified atom stereocenters. The van der Waals surface area contributed by atoms with E-state index in [4.69, 9.17) is 22.1 Å². The summed E-state index contributed by atoms with van der Waals surface area (Å²) in [6, 6.07) is 12.4. The fourth-order valence-corrected chi connectivity index (χ4v) is 1.96. The van der Waals surface area contributed by atoms with Gasteiger partial charge in [-0.3, -0.25) is 4.79 Å². The highest BCUT2D eigenvalue weighted by atomic mass is 35.5. The van der Waals surface area contributed by atoms with Crippen LogP contribution in [0.5, 0.6) is 5.75 Å². The lowest BCUT2D eigenvalue weighted by atomic mass is 10.1. The molecule has 0 atom stereocenters. The average Bonchev–Trinajstić information content (AvgIpc) is 2.43. The monoisotopic (exact) mass is 290 g/mol. The van der Waals surface area contributed by atoms with Gasteiger partial charge in [-0.15, -0.1) is 0 Å². The molecule has 0 aliphatic heterocycles. The molecular weight excluding hydrogens is 276 g/mol. The Morgan fingerprint density at radius 3 is 2.80 bits per heavy atom. The summed E-state index contributed by atoms with van der Waals surface area (Å²) in [5.41, 5.74) is 7.60. The molecule has 0 saturated carbocycles. The summed E-state index contributed by atoms with van der Waals surface area (Å²) in [4.78, 5) is 12.0. The fraction of sp³-hybridized carbons (Fsp3) is 0.133. The predicted molar refractivity (Wildman–Crippen MR) is 81.2 cm³/mol. The molecule has 0 aliphatic carbocycles. The number of benzene rings is 2. The molecular formula is C15H15ClN2O2. The van der Waals surface area contributed by atoms with Gasteiger partial charge in [0.2, 0.25) is 5.91 Å². The maximum Gasteiger partial charge on any atom is 0.228 e. The van der Waals surface area contributed by atoms with Crippen LogP contribution in [0.15, 0.2) is 42.5 Å². The van der Waals surface area contributed by atoms with Crippen LogP contribution in [0.2, 0.25) is 5.02 Å². The zero-order valence-corrected chi connectivity index (χ0v) is 11.8. The molecule has 20 heavy (non-hydrogen) atoms. The Bertz CT molecular complexity index is 629. The minimum atomic E-state index is -0.126. The quantitative estimate of drug-likeness (QED) is 0.850. The third-order valence-corrected chi connectivity index (χ3v) is 3.11. The molecule has 4 nitrogen and oxygen atoms in total. The Balaban J connectivity index is 2.03. The highest BCUT2D eigenvalue weighted by Crippen LogP contribution is 2.22. The van der Waals surface area contributed by atoms with Gasteiger partial charge in [0, 0.05) is 5.69 Å². The lowest BCUT2D eigenvalue weighted by Crippen LogP contribution is -2.14. The van der Waals surface area contributed by atoms with Crippen LogP contribution in [-0.4, -0.2) is 13.0 Å². The van der Waals surface area contributed by atoms with Crippen molar-refractivity contribution in [3.05, 3.63) is 53.1 Å². The largest absolute Gasteiger partial charge is 0.497 e. The van der Waals surface area contributed by atoms with Crippen LogP contribution in [0.25, 0.3) is 0 Å². The number of methoxy groups -OCH3 is 1. The molecule has 5 heteroatoms. The van der Waals surface area contributed by atoms with Crippen molar-refractivity contribution < 1.29 is 9.53 Å². The van der Waals surface area contributed by atoms with E-state index in [1.54, 1.807) is 25.3 Å². The van der Waals surface area contributed by atoms with Crippen molar-refractivity contribution in [3.8, 4) is 5.75 Å². The molecule has 104 valence electrons. The number of halogens is 1. The van der Waals surface area contributed by atoms with Gasteiger partial charge in [-0.25, -0.2) is 0 Å². The first kappa shape index (κ1) is 14.2. The van der Waals surface area contributed by atoms with E-state index in [-0.39, 0.29) is 12.3 Å². The molecule has 0 fully saturated rings. The van der Waals surface area contributed by atoms with E-state index in [0.717, 1.165) is 11.3 Å². The molecule has 0 saturated heterocycles. The second kappa shape index (κ2) is 6.30. The Labute approximate surface area is 122 Å². The second-order valence-corrected chi connectivity index (χ2v) is 4.72. The minimum Gasteiger partial charge on any atom is -0.497 e. The molecule has 0 radical (unpaired) electrons. The van der Waals surface area contributed by atoms with Crippen molar-refractivity contribution in [1.82, 2.24) is 0 Å². The van der Waals surface area contributed by atoms with Crippen LogP contribution >= 0.6 is 11.6 Å². The number of rotatable bonds is 4. The third-order valence-electron chi connectivity index (χ3n) is 2.78. The first-order valence-electron chi connectivity index (χ1n) is 6.06.